The summed E-state index contributed by atoms with van der Waals surface area (Å²) in [6, 6.07) is 7.03. The van der Waals surface area contributed by atoms with E-state index >= 15 is 0 Å². The third-order valence-electron chi connectivity index (χ3n) is 3.02. The maximum Gasteiger partial charge on any atom is 0.261 e. The number of nitrogens with two attached hydrogens (primary N) is 1. The van der Waals surface area contributed by atoms with Crippen LogP contribution in [0.25, 0.3) is 0 Å². The summed E-state index contributed by atoms with van der Waals surface area (Å²) in [6.45, 7) is 1.95. The monoisotopic (exact) mass is 354 g/mol. The summed E-state index contributed by atoms with van der Waals surface area (Å²) in [7, 11) is 0. The third-order valence-corrected chi connectivity index (χ3v) is 3.48. The Labute approximate surface area is 129 Å². The lowest BCUT2D eigenvalue weighted by Gasteiger charge is -2.10. The number of hydrogen-bond acceptors (Lipinski definition) is 2. The van der Waals surface area contributed by atoms with Gasteiger partial charge >= 0.3 is 0 Å². The van der Waals surface area contributed by atoms with Gasteiger partial charge in [0.05, 0.1) is 0 Å². The summed E-state index contributed by atoms with van der Waals surface area (Å²) >= 11 is 2.96. The number of carbonyl (C=O) groups is 1. The van der Waals surface area contributed by atoms with E-state index < -0.39 is 23.1 Å². The molecule has 3 N–H and O–H groups in total. The molecule has 2 rings (SSSR count). The van der Waals surface area contributed by atoms with E-state index in [4.69, 9.17) is 5.73 Å². The van der Waals surface area contributed by atoms with Gasteiger partial charge in [-0.15, -0.1) is 0 Å². The van der Waals surface area contributed by atoms with Crippen molar-refractivity contribution in [1.29, 1.82) is 0 Å². The molecule has 2 aromatic rings. The van der Waals surface area contributed by atoms with Crippen molar-refractivity contribution in [3.05, 3.63) is 57.6 Å². The fraction of sp³-hybridized carbons (Fsp3) is 0.133. The van der Waals surface area contributed by atoms with Crippen molar-refractivity contribution >= 4 is 33.2 Å². The minimum absolute atomic E-state index is 0.227. The van der Waals surface area contributed by atoms with Crippen LogP contribution in [0.3, 0.4) is 0 Å². The SMILES string of the molecule is CCc1ccc(NC(=O)c2c(F)cc(Br)cc2F)cc1N. The Hall–Kier alpha value is -1.95. The van der Waals surface area contributed by atoms with E-state index in [2.05, 4.69) is 21.2 Å². The van der Waals surface area contributed by atoms with Gasteiger partial charge in [-0.2, -0.15) is 0 Å². The summed E-state index contributed by atoms with van der Waals surface area (Å²) in [5, 5.41) is 2.44. The van der Waals surface area contributed by atoms with Crippen LogP contribution in [0.1, 0.15) is 22.8 Å². The molecule has 3 nitrogen and oxygen atoms in total. The first-order valence-corrected chi connectivity index (χ1v) is 7.06. The molecule has 0 aliphatic carbocycles. The molecule has 21 heavy (non-hydrogen) atoms. The predicted molar refractivity (Wildman–Crippen MR) is 82.2 cm³/mol. The van der Waals surface area contributed by atoms with Crippen LogP contribution in [-0.4, -0.2) is 5.91 Å². The van der Waals surface area contributed by atoms with E-state index in [-0.39, 0.29) is 4.47 Å². The lowest BCUT2D eigenvalue weighted by atomic mass is 10.1. The molecule has 0 bridgehead atoms. The minimum Gasteiger partial charge on any atom is -0.398 e. The average Bonchev–Trinajstić information content (AvgIpc) is 2.37. The second-order valence-corrected chi connectivity index (χ2v) is 5.38. The first kappa shape index (κ1) is 15.4. The Morgan fingerprint density at radius 1 is 1.24 bits per heavy atom. The fourth-order valence-electron chi connectivity index (χ4n) is 1.95. The number of nitrogens with one attached hydrogen (secondary N) is 1. The highest BCUT2D eigenvalue weighted by atomic mass is 79.9. The van der Waals surface area contributed by atoms with Crippen LogP contribution in [0.2, 0.25) is 0 Å². The highest BCUT2D eigenvalue weighted by molar-refractivity contribution is 9.10. The van der Waals surface area contributed by atoms with Gasteiger partial charge in [0.1, 0.15) is 17.2 Å². The Bertz CT molecular complexity index is 681. The zero-order chi connectivity index (χ0) is 15.6. The van der Waals surface area contributed by atoms with Gasteiger partial charge in [0.2, 0.25) is 0 Å². The fourth-order valence-corrected chi connectivity index (χ4v) is 2.35. The van der Waals surface area contributed by atoms with Crippen molar-refractivity contribution in [3.8, 4) is 0 Å². The highest BCUT2D eigenvalue weighted by Gasteiger charge is 2.18. The number of carbonyl (C=O) groups excluding carboxylic acids is 1. The van der Waals surface area contributed by atoms with Crippen molar-refractivity contribution in [2.45, 2.75) is 13.3 Å². The molecule has 0 aliphatic heterocycles. The van der Waals surface area contributed by atoms with Crippen LogP contribution in [0.5, 0.6) is 0 Å². The molecule has 0 saturated heterocycles. The van der Waals surface area contributed by atoms with Gasteiger partial charge in [-0.1, -0.05) is 28.9 Å². The molecular weight excluding hydrogens is 342 g/mol. The molecular formula is C15H13BrF2N2O. The predicted octanol–water partition coefficient (Wildman–Crippen LogP) is 4.12. The molecule has 0 heterocycles. The Kier molecular flexibility index (Phi) is 4.57. The van der Waals surface area contributed by atoms with E-state index in [0.717, 1.165) is 24.1 Å². The van der Waals surface area contributed by atoms with Crippen molar-refractivity contribution in [2.75, 3.05) is 11.1 Å². The largest absolute Gasteiger partial charge is 0.398 e. The van der Waals surface area contributed by atoms with Gasteiger partial charge in [-0.25, -0.2) is 8.78 Å². The molecule has 0 atom stereocenters. The molecule has 0 spiro atoms. The Balaban J connectivity index is 2.28. The molecule has 0 unspecified atom stereocenters. The molecule has 0 saturated carbocycles. The van der Waals surface area contributed by atoms with Crippen molar-refractivity contribution in [3.63, 3.8) is 0 Å². The standard InChI is InChI=1S/C15H13BrF2N2O/c1-2-8-3-4-10(7-13(8)19)20-15(21)14-11(17)5-9(16)6-12(14)18/h3-7H,2,19H2,1H3,(H,20,21). The first-order chi connectivity index (χ1) is 9.92. The van der Waals surface area contributed by atoms with Gasteiger partial charge in [-0.3, -0.25) is 4.79 Å². The van der Waals surface area contributed by atoms with Gasteiger partial charge in [-0.05, 0) is 36.2 Å². The van der Waals surface area contributed by atoms with Crippen LogP contribution >= 0.6 is 15.9 Å². The molecule has 110 valence electrons. The number of nitrogen functional groups attached to an aromatic ring is 1. The molecule has 0 aromatic heterocycles. The number of benzene rings is 2. The molecule has 0 aliphatic rings. The number of amides is 1. The van der Waals surface area contributed by atoms with Crippen LogP contribution in [-0.2, 0) is 6.42 Å². The topological polar surface area (TPSA) is 55.1 Å². The highest BCUT2D eigenvalue weighted by Crippen LogP contribution is 2.22. The quantitative estimate of drug-likeness (QED) is 0.814. The van der Waals surface area contributed by atoms with E-state index in [9.17, 15) is 13.6 Å². The van der Waals surface area contributed by atoms with Crippen LogP contribution in [0.15, 0.2) is 34.8 Å². The number of rotatable bonds is 3. The van der Waals surface area contributed by atoms with Gasteiger partial charge in [0, 0.05) is 15.8 Å². The summed E-state index contributed by atoms with van der Waals surface area (Å²) in [5.41, 5.74) is 7.04. The molecule has 0 radical (unpaired) electrons. The van der Waals surface area contributed by atoms with E-state index in [1.807, 2.05) is 6.92 Å². The second kappa shape index (κ2) is 6.22. The smallest absolute Gasteiger partial charge is 0.261 e. The summed E-state index contributed by atoms with van der Waals surface area (Å²) in [4.78, 5) is 12.0. The van der Waals surface area contributed by atoms with Gasteiger partial charge in [0.15, 0.2) is 0 Å². The number of aryl methyl sites for hydroxylation is 1. The normalized spacial score (nSPS) is 10.5. The van der Waals surface area contributed by atoms with E-state index in [0.29, 0.717) is 11.4 Å². The van der Waals surface area contributed by atoms with Gasteiger partial charge < -0.3 is 11.1 Å². The summed E-state index contributed by atoms with van der Waals surface area (Å²) < 4.78 is 27.6. The number of hydrogen-bond donors (Lipinski definition) is 2. The average molecular weight is 355 g/mol. The molecule has 2 aromatic carbocycles. The maximum absolute atomic E-state index is 13.7. The van der Waals surface area contributed by atoms with Crippen molar-refractivity contribution in [1.82, 2.24) is 0 Å². The molecule has 6 heteroatoms. The first-order valence-electron chi connectivity index (χ1n) is 6.26. The van der Waals surface area contributed by atoms with Crippen molar-refractivity contribution < 1.29 is 13.6 Å². The second-order valence-electron chi connectivity index (χ2n) is 4.47. The molecule has 0 fully saturated rings. The van der Waals surface area contributed by atoms with Crippen molar-refractivity contribution in [2.24, 2.45) is 0 Å². The van der Waals surface area contributed by atoms with Crippen LogP contribution in [0, 0.1) is 11.6 Å². The summed E-state index contributed by atoms with van der Waals surface area (Å²) in [6.07, 6.45) is 0.760. The number of anilines is 2. The maximum atomic E-state index is 13.7. The Morgan fingerprint density at radius 3 is 2.38 bits per heavy atom. The van der Waals surface area contributed by atoms with Crippen LogP contribution in [0.4, 0.5) is 20.2 Å². The van der Waals surface area contributed by atoms with E-state index in [1.165, 1.54) is 0 Å². The Morgan fingerprint density at radius 2 is 1.86 bits per heavy atom. The lowest BCUT2D eigenvalue weighted by Crippen LogP contribution is -2.16. The zero-order valence-electron chi connectivity index (χ0n) is 11.2. The van der Waals surface area contributed by atoms with Gasteiger partial charge in [0.25, 0.3) is 5.91 Å². The third kappa shape index (κ3) is 3.39. The van der Waals surface area contributed by atoms with E-state index in [1.54, 1.807) is 18.2 Å². The number of halogens is 3. The lowest BCUT2D eigenvalue weighted by molar-refractivity contribution is 0.101. The minimum atomic E-state index is -0.933. The summed E-state index contributed by atoms with van der Waals surface area (Å²) in [5.74, 6) is -2.73. The van der Waals surface area contributed by atoms with Crippen LogP contribution < -0.4 is 11.1 Å². The molecule has 1 amide bonds. The zero-order valence-corrected chi connectivity index (χ0v) is 12.8.